The number of hydrogen-bond donors (Lipinski definition) is 1. The third-order valence-corrected chi connectivity index (χ3v) is 5.96. The molecule has 2 rings (SSSR count). The Labute approximate surface area is 145 Å². The van der Waals surface area contributed by atoms with Gasteiger partial charge in [-0.05, 0) is 25.2 Å². The molecular formula is C17H33N3O2S. The summed E-state index contributed by atoms with van der Waals surface area (Å²) >= 11 is 2.09. The Hall–Kier alpha value is -0.460. The number of nitrogens with zero attached hydrogens (tertiary/aromatic N) is 2. The molecule has 2 saturated heterocycles. The molecule has 23 heavy (non-hydrogen) atoms. The molecule has 0 saturated carbocycles. The molecule has 5 nitrogen and oxygen atoms in total. The molecule has 0 spiro atoms. The lowest BCUT2D eigenvalue weighted by atomic mass is 10.1. The first-order chi connectivity index (χ1) is 11.2. The third kappa shape index (κ3) is 6.51. The van der Waals surface area contributed by atoms with Crippen molar-refractivity contribution in [2.75, 3.05) is 52.3 Å². The van der Waals surface area contributed by atoms with Crippen LogP contribution in [0.25, 0.3) is 0 Å². The van der Waals surface area contributed by atoms with Gasteiger partial charge in [0.05, 0.1) is 12.7 Å². The van der Waals surface area contributed by atoms with Gasteiger partial charge in [0.2, 0.25) is 0 Å². The van der Waals surface area contributed by atoms with Gasteiger partial charge < -0.3 is 19.7 Å². The predicted molar refractivity (Wildman–Crippen MR) is 98.4 cm³/mol. The van der Waals surface area contributed by atoms with Gasteiger partial charge in [-0.2, -0.15) is 11.8 Å². The van der Waals surface area contributed by atoms with Crippen LogP contribution >= 0.6 is 11.8 Å². The minimum atomic E-state index is 0.328. The van der Waals surface area contributed by atoms with Crippen molar-refractivity contribution in [2.24, 2.45) is 10.9 Å². The number of thioether (sulfide) groups is 1. The molecule has 2 aliphatic rings. The van der Waals surface area contributed by atoms with Gasteiger partial charge in [-0.1, -0.05) is 13.8 Å². The lowest BCUT2D eigenvalue weighted by Crippen LogP contribution is -2.49. The maximum absolute atomic E-state index is 5.71. The Morgan fingerprint density at radius 1 is 1.48 bits per heavy atom. The lowest BCUT2D eigenvalue weighted by Gasteiger charge is -2.36. The zero-order valence-corrected chi connectivity index (χ0v) is 15.7. The summed E-state index contributed by atoms with van der Waals surface area (Å²) in [5.74, 6) is 2.94. The molecule has 2 heterocycles. The highest BCUT2D eigenvalue weighted by atomic mass is 32.2. The third-order valence-electron chi connectivity index (χ3n) is 4.42. The van der Waals surface area contributed by atoms with Gasteiger partial charge in [0.1, 0.15) is 0 Å². The van der Waals surface area contributed by atoms with E-state index in [1.54, 1.807) is 0 Å². The normalized spacial score (nSPS) is 26.1. The van der Waals surface area contributed by atoms with Crippen LogP contribution in [0.5, 0.6) is 0 Å². The van der Waals surface area contributed by atoms with Crippen molar-refractivity contribution in [3.63, 3.8) is 0 Å². The van der Waals surface area contributed by atoms with Gasteiger partial charge in [-0.15, -0.1) is 0 Å². The van der Waals surface area contributed by atoms with Crippen LogP contribution in [0.4, 0.5) is 0 Å². The fourth-order valence-corrected chi connectivity index (χ4v) is 4.27. The number of nitrogens with one attached hydrogen (secondary N) is 1. The number of hydrogen-bond acceptors (Lipinski definition) is 4. The number of guanidine groups is 1. The molecule has 0 aromatic heterocycles. The van der Waals surface area contributed by atoms with Crippen molar-refractivity contribution >= 4 is 17.7 Å². The fraction of sp³-hybridized carbons (Fsp3) is 0.941. The molecule has 134 valence electrons. The molecule has 0 amide bonds. The van der Waals surface area contributed by atoms with Crippen LogP contribution < -0.4 is 5.32 Å². The van der Waals surface area contributed by atoms with Gasteiger partial charge in [-0.25, -0.2) is 0 Å². The Balaban J connectivity index is 1.59. The van der Waals surface area contributed by atoms with Crippen LogP contribution in [0.15, 0.2) is 4.99 Å². The molecule has 2 fully saturated rings. The van der Waals surface area contributed by atoms with E-state index >= 15 is 0 Å². The first kappa shape index (κ1) is 18.9. The Morgan fingerprint density at radius 2 is 2.35 bits per heavy atom. The van der Waals surface area contributed by atoms with E-state index < -0.39 is 0 Å². The molecule has 0 aliphatic carbocycles. The highest BCUT2D eigenvalue weighted by Gasteiger charge is 2.24. The van der Waals surface area contributed by atoms with Crippen LogP contribution in [-0.4, -0.2) is 74.5 Å². The van der Waals surface area contributed by atoms with Gasteiger partial charge in [0.25, 0.3) is 0 Å². The average Bonchev–Trinajstić information content (AvgIpc) is 3.07. The maximum Gasteiger partial charge on any atom is 0.193 e. The standard InChI is InChI=1S/C17H33N3O2S/c1-14(2)16-12-20(8-11-23-16)17(18-3)19-7-5-9-21-13-15-6-4-10-22-15/h14-16H,4-13H2,1-3H3,(H,18,19). The van der Waals surface area contributed by atoms with E-state index in [0.717, 1.165) is 58.3 Å². The summed E-state index contributed by atoms with van der Waals surface area (Å²) in [5, 5.41) is 4.19. The molecule has 0 aromatic carbocycles. The van der Waals surface area contributed by atoms with E-state index in [1.165, 1.54) is 12.2 Å². The van der Waals surface area contributed by atoms with Gasteiger partial charge >= 0.3 is 0 Å². The molecule has 2 aliphatic heterocycles. The van der Waals surface area contributed by atoms with Crippen molar-refractivity contribution in [1.82, 2.24) is 10.2 Å². The molecule has 0 bridgehead atoms. The number of aliphatic imine (C=N–C) groups is 1. The summed E-state index contributed by atoms with van der Waals surface area (Å²) in [5.41, 5.74) is 0. The molecule has 2 unspecified atom stereocenters. The molecular weight excluding hydrogens is 310 g/mol. The van der Waals surface area contributed by atoms with Crippen molar-refractivity contribution in [3.8, 4) is 0 Å². The molecule has 0 radical (unpaired) electrons. The Morgan fingerprint density at radius 3 is 3.04 bits per heavy atom. The minimum Gasteiger partial charge on any atom is -0.379 e. The first-order valence-electron chi connectivity index (χ1n) is 8.97. The van der Waals surface area contributed by atoms with E-state index in [2.05, 4.69) is 40.8 Å². The van der Waals surface area contributed by atoms with E-state index in [9.17, 15) is 0 Å². The van der Waals surface area contributed by atoms with Crippen molar-refractivity contribution in [2.45, 2.75) is 44.5 Å². The number of ether oxygens (including phenoxy) is 2. The summed E-state index contributed by atoms with van der Waals surface area (Å²) in [6.45, 7) is 10.1. The van der Waals surface area contributed by atoms with Crippen LogP contribution in [0.2, 0.25) is 0 Å². The summed E-state index contributed by atoms with van der Waals surface area (Å²) in [6, 6.07) is 0. The zero-order chi connectivity index (χ0) is 16.5. The fourth-order valence-electron chi connectivity index (χ4n) is 2.97. The van der Waals surface area contributed by atoms with Gasteiger partial charge in [-0.3, -0.25) is 4.99 Å². The Bertz CT molecular complexity index is 360. The summed E-state index contributed by atoms with van der Waals surface area (Å²) < 4.78 is 11.3. The topological polar surface area (TPSA) is 46.1 Å². The number of rotatable bonds is 7. The maximum atomic E-state index is 5.71. The van der Waals surface area contributed by atoms with Gasteiger partial charge in [0, 0.05) is 50.9 Å². The second-order valence-electron chi connectivity index (χ2n) is 6.64. The van der Waals surface area contributed by atoms with E-state index in [1.807, 2.05) is 7.05 Å². The van der Waals surface area contributed by atoms with E-state index in [4.69, 9.17) is 9.47 Å². The molecule has 1 N–H and O–H groups in total. The second kappa shape index (κ2) is 10.4. The van der Waals surface area contributed by atoms with Crippen molar-refractivity contribution in [3.05, 3.63) is 0 Å². The summed E-state index contributed by atoms with van der Waals surface area (Å²) in [4.78, 5) is 6.84. The second-order valence-corrected chi connectivity index (χ2v) is 7.98. The highest BCUT2D eigenvalue weighted by Crippen LogP contribution is 2.24. The summed E-state index contributed by atoms with van der Waals surface area (Å²) in [6.07, 6.45) is 3.66. The van der Waals surface area contributed by atoms with Crippen LogP contribution in [-0.2, 0) is 9.47 Å². The average molecular weight is 344 g/mol. The van der Waals surface area contributed by atoms with Crippen molar-refractivity contribution < 1.29 is 9.47 Å². The van der Waals surface area contributed by atoms with Crippen molar-refractivity contribution in [1.29, 1.82) is 0 Å². The molecule has 0 aromatic rings. The summed E-state index contributed by atoms with van der Waals surface area (Å²) in [7, 11) is 1.88. The van der Waals surface area contributed by atoms with Crippen LogP contribution in [0.3, 0.4) is 0 Å². The SMILES string of the molecule is CN=C(NCCCOCC1CCCO1)N1CCSC(C(C)C)C1. The Kier molecular flexibility index (Phi) is 8.55. The predicted octanol–water partition coefficient (Wildman–Crippen LogP) is 2.22. The van der Waals surface area contributed by atoms with Gasteiger partial charge in [0.15, 0.2) is 5.96 Å². The molecule has 2 atom stereocenters. The molecule has 6 heteroatoms. The zero-order valence-electron chi connectivity index (χ0n) is 14.9. The van der Waals surface area contributed by atoms with Crippen LogP contribution in [0.1, 0.15) is 33.1 Å². The smallest absolute Gasteiger partial charge is 0.193 e. The monoisotopic (exact) mass is 343 g/mol. The quantitative estimate of drug-likeness (QED) is 0.436. The van der Waals surface area contributed by atoms with E-state index in [-0.39, 0.29) is 0 Å². The largest absolute Gasteiger partial charge is 0.379 e. The van der Waals surface area contributed by atoms with E-state index in [0.29, 0.717) is 17.3 Å². The van der Waals surface area contributed by atoms with Crippen LogP contribution in [0, 0.1) is 5.92 Å². The first-order valence-corrected chi connectivity index (χ1v) is 10.0. The highest BCUT2D eigenvalue weighted by molar-refractivity contribution is 8.00. The minimum absolute atomic E-state index is 0.328. The lowest BCUT2D eigenvalue weighted by molar-refractivity contribution is 0.0168.